The molecule has 7 heteroatoms. The van der Waals surface area contributed by atoms with E-state index in [0.717, 1.165) is 17.0 Å². The average Bonchev–Trinajstić information content (AvgIpc) is 3.29. The number of rotatable bonds is 2. The van der Waals surface area contributed by atoms with Crippen LogP contribution in [0.15, 0.2) is 58.3 Å². The van der Waals surface area contributed by atoms with Crippen molar-refractivity contribution >= 4 is 11.7 Å². The van der Waals surface area contributed by atoms with Crippen molar-refractivity contribution in [2.75, 3.05) is 5.32 Å². The number of hydrogen-bond donors (Lipinski definition) is 1. The third-order valence-electron chi connectivity index (χ3n) is 5.16. The maximum atomic E-state index is 13.4. The number of Topliss-reactive ketones (excluding diaryl/α,β-unsaturated/α-hetero) is 1. The van der Waals surface area contributed by atoms with E-state index in [2.05, 4.69) is 15.4 Å². The summed E-state index contributed by atoms with van der Waals surface area (Å²) in [5.41, 5.74) is 2.31. The lowest BCUT2D eigenvalue weighted by molar-refractivity contribution is -0.117. The lowest BCUT2D eigenvalue weighted by Gasteiger charge is -2.34. The number of anilines is 1. The van der Waals surface area contributed by atoms with Crippen LogP contribution in [0.5, 0.6) is 0 Å². The molecule has 136 valence electrons. The summed E-state index contributed by atoms with van der Waals surface area (Å²) in [6.45, 7) is 1.81. The highest BCUT2D eigenvalue weighted by molar-refractivity contribution is 6.00. The summed E-state index contributed by atoms with van der Waals surface area (Å²) in [4.78, 5) is 17.6. The number of hydrogen-bond acceptors (Lipinski definition) is 5. The zero-order valence-corrected chi connectivity index (χ0v) is 14.6. The Kier molecular flexibility index (Phi) is 3.50. The molecule has 3 aromatic rings. The molecule has 0 saturated heterocycles. The summed E-state index contributed by atoms with van der Waals surface area (Å²) in [5, 5.41) is 7.76. The number of carbonyl (C=O) groups is 1. The van der Waals surface area contributed by atoms with Gasteiger partial charge in [0.05, 0.1) is 6.26 Å². The van der Waals surface area contributed by atoms with E-state index in [0.29, 0.717) is 30.2 Å². The van der Waals surface area contributed by atoms with E-state index in [-0.39, 0.29) is 17.5 Å². The predicted octanol–water partition coefficient (Wildman–Crippen LogP) is 3.73. The Morgan fingerprint density at radius 2 is 2.04 bits per heavy atom. The Labute approximate surface area is 154 Å². The molecule has 1 aliphatic carbocycles. The largest absolute Gasteiger partial charge is 0.469 e. The summed E-state index contributed by atoms with van der Waals surface area (Å²) in [5.74, 6) is 1.72. The summed E-state index contributed by atoms with van der Waals surface area (Å²) in [7, 11) is 0. The maximum absolute atomic E-state index is 13.4. The molecule has 2 aliphatic rings. The number of fused-ring (bicyclic) bond motifs is 1. The van der Waals surface area contributed by atoms with Gasteiger partial charge in [-0.3, -0.25) is 4.79 Å². The number of nitrogens with zero attached hydrogens (tertiary/aromatic N) is 3. The van der Waals surface area contributed by atoms with Gasteiger partial charge < -0.3 is 9.73 Å². The molecule has 3 heterocycles. The van der Waals surface area contributed by atoms with E-state index >= 15 is 0 Å². The van der Waals surface area contributed by atoms with Crippen molar-refractivity contribution in [3.8, 4) is 0 Å². The first-order valence-corrected chi connectivity index (χ1v) is 8.85. The number of aryl methyl sites for hydroxylation is 1. The van der Waals surface area contributed by atoms with E-state index < -0.39 is 6.04 Å². The second-order valence-electron chi connectivity index (χ2n) is 6.94. The van der Waals surface area contributed by atoms with Gasteiger partial charge in [-0.05, 0) is 43.2 Å². The second kappa shape index (κ2) is 5.90. The minimum absolute atomic E-state index is 0.0109. The van der Waals surface area contributed by atoms with E-state index in [1.807, 2.05) is 12.1 Å². The minimum Gasteiger partial charge on any atom is -0.469 e. The number of aromatic nitrogens is 3. The smallest absolute Gasteiger partial charge is 0.226 e. The van der Waals surface area contributed by atoms with Crippen LogP contribution in [0.2, 0.25) is 0 Å². The van der Waals surface area contributed by atoms with Gasteiger partial charge in [-0.25, -0.2) is 9.07 Å². The fraction of sp³-hybridized carbons (Fsp3) is 0.250. The first-order chi connectivity index (χ1) is 13.1. The van der Waals surface area contributed by atoms with Gasteiger partial charge in [0.1, 0.15) is 23.4 Å². The molecule has 0 fully saturated rings. The molecule has 27 heavy (non-hydrogen) atoms. The molecule has 0 unspecified atom stereocenters. The molecule has 0 saturated carbocycles. The van der Waals surface area contributed by atoms with Crippen molar-refractivity contribution < 1.29 is 13.6 Å². The fourth-order valence-electron chi connectivity index (χ4n) is 4.00. The molecule has 0 bridgehead atoms. The molecule has 0 amide bonds. The number of carbonyl (C=O) groups excluding carboxylic acids is 1. The normalized spacial score (nSPS) is 21.6. The molecule has 2 aromatic heterocycles. The Morgan fingerprint density at radius 3 is 2.78 bits per heavy atom. The van der Waals surface area contributed by atoms with Crippen molar-refractivity contribution in [1.82, 2.24) is 14.8 Å². The van der Waals surface area contributed by atoms with Crippen LogP contribution in [0.1, 0.15) is 41.9 Å². The molecular formula is C20H17FN4O2. The van der Waals surface area contributed by atoms with Crippen LogP contribution in [0.4, 0.5) is 10.3 Å². The Morgan fingerprint density at radius 1 is 1.22 bits per heavy atom. The van der Waals surface area contributed by atoms with Crippen LogP contribution in [-0.4, -0.2) is 20.5 Å². The highest BCUT2D eigenvalue weighted by Gasteiger charge is 2.40. The summed E-state index contributed by atoms with van der Waals surface area (Å²) in [6.07, 6.45) is 2.65. The number of halogens is 1. The van der Waals surface area contributed by atoms with Crippen molar-refractivity contribution in [2.24, 2.45) is 0 Å². The van der Waals surface area contributed by atoms with Gasteiger partial charge in [-0.15, -0.1) is 0 Å². The van der Waals surface area contributed by atoms with Gasteiger partial charge in [0.25, 0.3) is 0 Å². The average molecular weight is 364 g/mol. The Balaban J connectivity index is 1.63. The van der Waals surface area contributed by atoms with E-state index in [1.165, 1.54) is 12.1 Å². The first-order valence-electron chi connectivity index (χ1n) is 8.85. The van der Waals surface area contributed by atoms with Gasteiger partial charge in [-0.1, -0.05) is 12.1 Å². The molecule has 5 rings (SSSR count). The van der Waals surface area contributed by atoms with Gasteiger partial charge >= 0.3 is 0 Å². The third-order valence-corrected chi connectivity index (χ3v) is 5.16. The SMILES string of the molecule is Cc1nc2n(n1)[C@H](c1ccc(F)cc1)C1=C(C[C@@H](c3ccco3)CC1=O)N2. The van der Waals surface area contributed by atoms with Crippen molar-refractivity contribution in [1.29, 1.82) is 0 Å². The quantitative estimate of drug-likeness (QED) is 0.750. The number of nitrogens with one attached hydrogen (secondary N) is 1. The molecule has 0 radical (unpaired) electrons. The van der Waals surface area contributed by atoms with E-state index in [4.69, 9.17) is 4.42 Å². The second-order valence-corrected chi connectivity index (χ2v) is 6.94. The fourth-order valence-corrected chi connectivity index (χ4v) is 4.00. The summed E-state index contributed by atoms with van der Waals surface area (Å²) >= 11 is 0. The lowest BCUT2D eigenvalue weighted by atomic mass is 9.79. The van der Waals surface area contributed by atoms with Crippen LogP contribution >= 0.6 is 0 Å². The number of furan rings is 1. The molecule has 1 aromatic carbocycles. The molecule has 6 nitrogen and oxygen atoms in total. The molecule has 1 N–H and O–H groups in total. The molecule has 2 atom stereocenters. The summed E-state index contributed by atoms with van der Waals surface area (Å²) in [6, 6.07) is 9.52. The minimum atomic E-state index is -0.414. The predicted molar refractivity (Wildman–Crippen MR) is 95.6 cm³/mol. The Hall–Kier alpha value is -3.22. The third kappa shape index (κ3) is 2.58. The lowest BCUT2D eigenvalue weighted by Crippen LogP contribution is -2.33. The van der Waals surface area contributed by atoms with Gasteiger partial charge in [0.15, 0.2) is 5.78 Å². The number of allylic oxidation sites excluding steroid dienone is 2. The topological polar surface area (TPSA) is 73.0 Å². The first kappa shape index (κ1) is 16.0. The zero-order chi connectivity index (χ0) is 18.5. The van der Waals surface area contributed by atoms with Crippen LogP contribution in [0.25, 0.3) is 0 Å². The monoisotopic (exact) mass is 364 g/mol. The Bertz CT molecular complexity index is 1050. The zero-order valence-electron chi connectivity index (χ0n) is 14.6. The van der Waals surface area contributed by atoms with Crippen molar-refractivity contribution in [2.45, 2.75) is 31.7 Å². The highest BCUT2D eigenvalue weighted by Crippen LogP contribution is 2.44. The summed E-state index contributed by atoms with van der Waals surface area (Å²) < 4.78 is 20.7. The molecular weight excluding hydrogens is 347 g/mol. The van der Waals surface area contributed by atoms with E-state index in [9.17, 15) is 9.18 Å². The van der Waals surface area contributed by atoms with Gasteiger partial charge in [0, 0.05) is 23.6 Å². The van der Waals surface area contributed by atoms with Crippen molar-refractivity contribution in [3.05, 3.63) is 76.9 Å². The van der Waals surface area contributed by atoms with Gasteiger partial charge in [0.2, 0.25) is 5.95 Å². The number of ketones is 1. The van der Waals surface area contributed by atoms with Crippen molar-refractivity contribution in [3.63, 3.8) is 0 Å². The standard InChI is InChI=1S/C20H17FN4O2/c1-11-22-20-23-15-9-13(17-3-2-8-27-17)10-16(26)18(15)19(25(20)24-11)12-4-6-14(21)7-5-12/h2-8,13,19H,9-10H2,1H3,(H,22,23,24)/t13-,19-/m1/s1. The molecule has 0 spiro atoms. The maximum Gasteiger partial charge on any atom is 0.226 e. The van der Waals surface area contributed by atoms with Crippen LogP contribution in [-0.2, 0) is 4.79 Å². The van der Waals surface area contributed by atoms with Gasteiger partial charge in [-0.2, -0.15) is 10.1 Å². The van der Waals surface area contributed by atoms with Crippen LogP contribution < -0.4 is 5.32 Å². The van der Waals surface area contributed by atoms with Crippen LogP contribution in [0.3, 0.4) is 0 Å². The number of benzene rings is 1. The van der Waals surface area contributed by atoms with Crippen LogP contribution in [0, 0.1) is 12.7 Å². The highest BCUT2D eigenvalue weighted by atomic mass is 19.1. The molecule has 1 aliphatic heterocycles. The van der Waals surface area contributed by atoms with E-state index in [1.54, 1.807) is 30.0 Å².